The van der Waals surface area contributed by atoms with E-state index >= 15 is 0 Å². The molecule has 4 heteroatoms. The van der Waals surface area contributed by atoms with Crippen LogP contribution in [0.15, 0.2) is 42.5 Å². The van der Waals surface area contributed by atoms with E-state index in [4.69, 9.17) is 0 Å². The lowest BCUT2D eigenvalue weighted by molar-refractivity contribution is -0.0601. The Bertz CT molecular complexity index is 763. The lowest BCUT2D eigenvalue weighted by Gasteiger charge is -2.44. The molecular weight excluding hydrogens is 320 g/mol. The van der Waals surface area contributed by atoms with Crippen LogP contribution in [0.5, 0.6) is 0 Å². The van der Waals surface area contributed by atoms with Crippen molar-refractivity contribution in [3.63, 3.8) is 0 Å². The maximum absolute atomic E-state index is 14.0. The van der Waals surface area contributed by atoms with E-state index in [1.165, 1.54) is 5.56 Å². The number of nitrogens with zero attached hydrogens (tertiary/aromatic N) is 1. The van der Waals surface area contributed by atoms with Crippen LogP contribution in [-0.2, 0) is 12.1 Å². The highest BCUT2D eigenvalue weighted by Crippen LogP contribution is 2.47. The Morgan fingerprint density at radius 3 is 2.32 bits per heavy atom. The molecule has 132 valence electrons. The molecule has 25 heavy (non-hydrogen) atoms. The van der Waals surface area contributed by atoms with Gasteiger partial charge in [0.2, 0.25) is 0 Å². The fraction of sp³-hybridized carbons (Fsp3) is 0.429. The Morgan fingerprint density at radius 2 is 1.68 bits per heavy atom. The topological polar surface area (TPSA) is 23.5 Å². The van der Waals surface area contributed by atoms with Gasteiger partial charge in [0.05, 0.1) is 5.60 Å². The molecule has 2 atom stereocenters. The lowest BCUT2D eigenvalue weighted by atomic mass is 9.78. The standard InChI is InChI=1S/C21H23F2NO/c1-14-18(9-10-19(22)20(14)23)21(25)11-16-7-8-17(12-21)24(16)13-15-5-3-2-4-6-15/h2-6,9-10,16-17,25H,7-8,11-13H2,1H3. The minimum atomic E-state index is -1.07. The van der Waals surface area contributed by atoms with Gasteiger partial charge in [-0.1, -0.05) is 36.4 Å². The summed E-state index contributed by atoms with van der Waals surface area (Å²) in [4.78, 5) is 2.47. The van der Waals surface area contributed by atoms with Crippen LogP contribution in [0.4, 0.5) is 8.78 Å². The summed E-state index contributed by atoms with van der Waals surface area (Å²) in [6.07, 6.45) is 3.23. The van der Waals surface area contributed by atoms with Crippen molar-refractivity contribution in [2.75, 3.05) is 0 Å². The summed E-state index contributed by atoms with van der Waals surface area (Å²) in [5.74, 6) is -1.70. The third-order valence-corrected chi connectivity index (χ3v) is 5.97. The zero-order valence-electron chi connectivity index (χ0n) is 14.4. The first-order chi connectivity index (χ1) is 12.0. The van der Waals surface area contributed by atoms with Gasteiger partial charge in [0.1, 0.15) is 0 Å². The summed E-state index contributed by atoms with van der Waals surface area (Å²) in [7, 11) is 0. The average Bonchev–Trinajstić information content (AvgIpc) is 2.84. The first-order valence-electron chi connectivity index (χ1n) is 8.95. The van der Waals surface area contributed by atoms with Crippen LogP contribution in [-0.4, -0.2) is 22.1 Å². The molecule has 0 spiro atoms. The van der Waals surface area contributed by atoms with Gasteiger partial charge in [0, 0.05) is 18.6 Å². The Hall–Kier alpha value is -1.78. The van der Waals surface area contributed by atoms with Gasteiger partial charge in [0.25, 0.3) is 0 Å². The Morgan fingerprint density at radius 1 is 1.04 bits per heavy atom. The second kappa shape index (κ2) is 6.19. The van der Waals surface area contributed by atoms with E-state index in [1.807, 2.05) is 18.2 Å². The van der Waals surface area contributed by atoms with Crippen molar-refractivity contribution in [3.8, 4) is 0 Å². The summed E-state index contributed by atoms with van der Waals surface area (Å²) in [5.41, 5.74) is 0.979. The third-order valence-electron chi connectivity index (χ3n) is 5.97. The summed E-state index contributed by atoms with van der Waals surface area (Å²) < 4.78 is 27.5. The van der Waals surface area contributed by atoms with Crippen LogP contribution < -0.4 is 0 Å². The van der Waals surface area contributed by atoms with Gasteiger partial charge in [-0.05, 0) is 55.4 Å². The van der Waals surface area contributed by atoms with Gasteiger partial charge < -0.3 is 5.11 Å². The van der Waals surface area contributed by atoms with E-state index in [0.29, 0.717) is 18.4 Å². The third kappa shape index (κ3) is 2.87. The van der Waals surface area contributed by atoms with Gasteiger partial charge in [-0.2, -0.15) is 0 Å². The molecule has 2 unspecified atom stereocenters. The van der Waals surface area contributed by atoms with Crippen LogP contribution in [0.3, 0.4) is 0 Å². The predicted octanol–water partition coefficient (Wildman–Crippen LogP) is 4.29. The molecule has 2 aromatic carbocycles. The lowest BCUT2D eigenvalue weighted by Crippen LogP contribution is -2.49. The Balaban J connectivity index is 1.60. The van der Waals surface area contributed by atoms with E-state index in [0.717, 1.165) is 25.5 Å². The minimum Gasteiger partial charge on any atom is -0.385 e. The quantitative estimate of drug-likeness (QED) is 0.899. The number of benzene rings is 2. The van der Waals surface area contributed by atoms with Crippen LogP contribution in [0.2, 0.25) is 0 Å². The van der Waals surface area contributed by atoms with Crippen LogP contribution in [0.25, 0.3) is 0 Å². The van der Waals surface area contributed by atoms with Crippen LogP contribution in [0.1, 0.15) is 42.4 Å². The van der Waals surface area contributed by atoms with Crippen molar-refractivity contribution in [2.45, 2.75) is 56.8 Å². The SMILES string of the molecule is Cc1c(C2(O)CC3CCC(C2)N3Cc2ccccc2)ccc(F)c1F. The molecule has 2 aliphatic rings. The highest BCUT2D eigenvalue weighted by Gasteiger charge is 2.48. The molecule has 0 radical (unpaired) electrons. The normalized spacial score (nSPS) is 29.1. The average molecular weight is 343 g/mol. The van der Waals surface area contributed by atoms with Crippen molar-refractivity contribution in [3.05, 3.63) is 70.8 Å². The number of hydrogen-bond donors (Lipinski definition) is 1. The maximum atomic E-state index is 14.0. The zero-order chi connectivity index (χ0) is 17.6. The van der Waals surface area contributed by atoms with E-state index in [2.05, 4.69) is 17.0 Å². The molecule has 4 rings (SSSR count). The number of fused-ring (bicyclic) bond motifs is 2. The zero-order valence-corrected chi connectivity index (χ0v) is 14.4. The largest absolute Gasteiger partial charge is 0.385 e. The summed E-state index contributed by atoms with van der Waals surface area (Å²) in [5, 5.41) is 11.3. The van der Waals surface area contributed by atoms with Gasteiger partial charge in [0.15, 0.2) is 11.6 Å². The molecule has 2 fully saturated rings. The molecule has 2 aliphatic heterocycles. The van der Waals surface area contributed by atoms with E-state index < -0.39 is 17.2 Å². The number of hydrogen-bond acceptors (Lipinski definition) is 2. The Kier molecular flexibility index (Phi) is 4.13. The van der Waals surface area contributed by atoms with Crippen molar-refractivity contribution in [1.29, 1.82) is 0 Å². The fourth-order valence-electron chi connectivity index (χ4n) is 4.74. The number of piperidine rings is 1. The van der Waals surface area contributed by atoms with E-state index in [-0.39, 0.29) is 17.6 Å². The molecule has 2 saturated heterocycles. The second-order valence-electron chi connectivity index (χ2n) is 7.52. The van der Waals surface area contributed by atoms with Crippen LogP contribution >= 0.6 is 0 Å². The molecule has 0 amide bonds. The Labute approximate surface area is 147 Å². The van der Waals surface area contributed by atoms with Gasteiger partial charge in [-0.15, -0.1) is 0 Å². The molecule has 0 saturated carbocycles. The van der Waals surface area contributed by atoms with Gasteiger partial charge in [-0.3, -0.25) is 4.90 Å². The summed E-state index contributed by atoms with van der Waals surface area (Å²) in [6, 6.07) is 13.6. The molecule has 1 N–H and O–H groups in total. The monoisotopic (exact) mass is 343 g/mol. The molecular formula is C21H23F2NO. The minimum absolute atomic E-state index is 0.235. The summed E-state index contributed by atoms with van der Waals surface area (Å²) >= 11 is 0. The first-order valence-corrected chi connectivity index (χ1v) is 8.95. The highest BCUT2D eigenvalue weighted by molar-refractivity contribution is 5.35. The summed E-state index contributed by atoms with van der Waals surface area (Å²) in [6.45, 7) is 2.44. The maximum Gasteiger partial charge on any atom is 0.162 e. The molecule has 0 aliphatic carbocycles. The molecule has 2 aromatic rings. The smallest absolute Gasteiger partial charge is 0.162 e. The molecule has 0 aromatic heterocycles. The van der Waals surface area contributed by atoms with E-state index in [9.17, 15) is 13.9 Å². The number of aliphatic hydroxyl groups is 1. The van der Waals surface area contributed by atoms with Crippen LogP contribution in [0, 0.1) is 18.6 Å². The van der Waals surface area contributed by atoms with Gasteiger partial charge in [-0.25, -0.2) is 8.78 Å². The number of rotatable bonds is 3. The van der Waals surface area contributed by atoms with E-state index in [1.54, 1.807) is 13.0 Å². The fourth-order valence-corrected chi connectivity index (χ4v) is 4.74. The van der Waals surface area contributed by atoms with Gasteiger partial charge >= 0.3 is 0 Å². The second-order valence-corrected chi connectivity index (χ2v) is 7.52. The molecule has 2 nitrogen and oxygen atoms in total. The molecule has 2 bridgehead atoms. The van der Waals surface area contributed by atoms with Crippen molar-refractivity contribution < 1.29 is 13.9 Å². The molecule has 2 heterocycles. The van der Waals surface area contributed by atoms with Crippen molar-refractivity contribution in [1.82, 2.24) is 4.90 Å². The first kappa shape index (κ1) is 16.7. The predicted molar refractivity (Wildman–Crippen MR) is 93.0 cm³/mol. The van der Waals surface area contributed by atoms with Crippen molar-refractivity contribution in [2.24, 2.45) is 0 Å². The highest BCUT2D eigenvalue weighted by atomic mass is 19.2. The van der Waals surface area contributed by atoms with Crippen molar-refractivity contribution >= 4 is 0 Å². The number of halogens is 2.